The molecule has 0 aliphatic heterocycles. The third-order valence-corrected chi connectivity index (χ3v) is 3.52. The van der Waals surface area contributed by atoms with Crippen LogP contribution in [-0.4, -0.2) is 12.6 Å². The minimum atomic E-state index is -0.406. The van der Waals surface area contributed by atoms with Gasteiger partial charge in [-0.05, 0) is 55.2 Å². The molecule has 0 amide bonds. The molecule has 0 radical (unpaired) electrons. The Balaban J connectivity index is 1.79. The van der Waals surface area contributed by atoms with E-state index >= 15 is 0 Å². The fourth-order valence-electron chi connectivity index (χ4n) is 2.10. The molecule has 2 aromatic carbocycles. The van der Waals surface area contributed by atoms with Crippen LogP contribution < -0.4 is 10.5 Å². The van der Waals surface area contributed by atoms with Crippen molar-refractivity contribution in [1.29, 1.82) is 0 Å². The van der Waals surface area contributed by atoms with Crippen molar-refractivity contribution >= 4 is 11.6 Å². The maximum Gasteiger partial charge on any atom is 0.141 e. The molecule has 2 rings (SSSR count). The molecule has 2 nitrogen and oxygen atoms in total. The lowest BCUT2D eigenvalue weighted by Gasteiger charge is -2.13. The molecule has 0 aliphatic carbocycles. The summed E-state index contributed by atoms with van der Waals surface area (Å²) in [7, 11) is 0. The zero-order chi connectivity index (χ0) is 15.2. The Kier molecular flexibility index (Phi) is 5.59. The first kappa shape index (κ1) is 15.8. The van der Waals surface area contributed by atoms with Gasteiger partial charge < -0.3 is 10.5 Å². The van der Waals surface area contributed by atoms with Gasteiger partial charge in [-0.3, -0.25) is 0 Å². The second kappa shape index (κ2) is 7.43. The molecule has 21 heavy (non-hydrogen) atoms. The van der Waals surface area contributed by atoms with Gasteiger partial charge >= 0.3 is 0 Å². The number of hydrogen-bond donors (Lipinski definition) is 1. The summed E-state index contributed by atoms with van der Waals surface area (Å²) >= 11 is 5.76. The molecule has 4 heteroatoms. The molecule has 112 valence electrons. The lowest BCUT2D eigenvalue weighted by Crippen LogP contribution is -2.25. The second-order valence-corrected chi connectivity index (χ2v) is 5.57. The highest BCUT2D eigenvalue weighted by molar-refractivity contribution is 6.30. The Morgan fingerprint density at radius 1 is 1.24 bits per heavy atom. The largest absolute Gasteiger partial charge is 0.494 e. The average molecular weight is 308 g/mol. The summed E-state index contributed by atoms with van der Waals surface area (Å²) in [6.45, 7) is 2.58. The lowest BCUT2D eigenvalue weighted by atomic mass is 10.0. The molecule has 1 atom stereocenters. The zero-order valence-corrected chi connectivity index (χ0v) is 12.7. The predicted octanol–water partition coefficient (Wildman–Crippen LogP) is 4.13. The highest BCUT2D eigenvalue weighted by Crippen LogP contribution is 2.17. The van der Waals surface area contributed by atoms with Crippen LogP contribution >= 0.6 is 11.6 Å². The minimum absolute atomic E-state index is 0.0451. The molecule has 1 unspecified atom stereocenters. The molecule has 0 saturated heterocycles. The Morgan fingerprint density at radius 2 is 2.05 bits per heavy atom. The van der Waals surface area contributed by atoms with Gasteiger partial charge in [0.25, 0.3) is 0 Å². The standard InChI is InChI=1S/C17H19ClFNO/c1-12-3-2-4-15(9-12)21-8-7-14(20)10-13-5-6-17(19)16(18)11-13/h2-6,9,11,14H,7-8,10,20H2,1H3. The Labute approximate surface area is 129 Å². The normalized spacial score (nSPS) is 12.2. The fraction of sp³-hybridized carbons (Fsp3) is 0.294. The first-order valence-corrected chi connectivity index (χ1v) is 7.31. The van der Waals surface area contributed by atoms with Crippen LogP contribution in [0.25, 0.3) is 0 Å². The van der Waals surface area contributed by atoms with Crippen molar-refractivity contribution in [3.8, 4) is 5.75 Å². The maximum atomic E-state index is 13.1. The first-order valence-electron chi connectivity index (χ1n) is 6.93. The van der Waals surface area contributed by atoms with Crippen molar-refractivity contribution in [2.75, 3.05) is 6.61 Å². The molecule has 0 heterocycles. The van der Waals surface area contributed by atoms with E-state index in [4.69, 9.17) is 22.1 Å². The van der Waals surface area contributed by atoms with Gasteiger partial charge in [-0.15, -0.1) is 0 Å². The van der Waals surface area contributed by atoms with Gasteiger partial charge in [-0.1, -0.05) is 29.8 Å². The van der Waals surface area contributed by atoms with Crippen LogP contribution in [0.1, 0.15) is 17.5 Å². The molecule has 0 fully saturated rings. The van der Waals surface area contributed by atoms with E-state index in [1.807, 2.05) is 31.2 Å². The van der Waals surface area contributed by atoms with E-state index in [0.29, 0.717) is 13.0 Å². The molecular formula is C17H19ClFNO. The smallest absolute Gasteiger partial charge is 0.141 e. The quantitative estimate of drug-likeness (QED) is 0.871. The predicted molar refractivity (Wildman–Crippen MR) is 84.4 cm³/mol. The summed E-state index contributed by atoms with van der Waals surface area (Å²) in [4.78, 5) is 0. The van der Waals surface area contributed by atoms with Crippen LogP contribution in [0.4, 0.5) is 4.39 Å². The number of benzene rings is 2. The summed E-state index contributed by atoms with van der Waals surface area (Å²) in [5.41, 5.74) is 8.17. The molecule has 2 aromatic rings. The highest BCUT2D eigenvalue weighted by atomic mass is 35.5. The molecule has 0 saturated carbocycles. The van der Waals surface area contributed by atoms with Gasteiger partial charge in [0.2, 0.25) is 0 Å². The molecule has 0 spiro atoms. The number of hydrogen-bond acceptors (Lipinski definition) is 2. The van der Waals surface area contributed by atoms with Crippen molar-refractivity contribution in [1.82, 2.24) is 0 Å². The Morgan fingerprint density at radius 3 is 2.76 bits per heavy atom. The van der Waals surface area contributed by atoms with E-state index in [0.717, 1.165) is 23.3 Å². The number of aryl methyl sites for hydroxylation is 1. The van der Waals surface area contributed by atoms with Gasteiger partial charge in [-0.2, -0.15) is 0 Å². The Hall–Kier alpha value is -1.58. The minimum Gasteiger partial charge on any atom is -0.494 e. The van der Waals surface area contributed by atoms with E-state index in [9.17, 15) is 4.39 Å². The third kappa shape index (κ3) is 5.03. The monoisotopic (exact) mass is 307 g/mol. The molecule has 0 aliphatic rings. The van der Waals surface area contributed by atoms with E-state index in [1.54, 1.807) is 12.1 Å². The zero-order valence-electron chi connectivity index (χ0n) is 12.0. The molecule has 0 bridgehead atoms. The van der Waals surface area contributed by atoms with Gasteiger partial charge in [0.15, 0.2) is 0 Å². The van der Waals surface area contributed by atoms with Gasteiger partial charge in [0.05, 0.1) is 11.6 Å². The van der Waals surface area contributed by atoms with Crippen molar-refractivity contribution in [3.05, 3.63) is 64.4 Å². The van der Waals surface area contributed by atoms with Crippen LogP contribution in [0.15, 0.2) is 42.5 Å². The van der Waals surface area contributed by atoms with Crippen LogP contribution in [0.2, 0.25) is 5.02 Å². The number of halogens is 2. The van der Waals surface area contributed by atoms with Gasteiger partial charge in [0, 0.05) is 6.04 Å². The van der Waals surface area contributed by atoms with E-state index in [2.05, 4.69) is 0 Å². The summed E-state index contributed by atoms with van der Waals surface area (Å²) in [5, 5.41) is 0.135. The number of nitrogens with two attached hydrogens (primary N) is 1. The van der Waals surface area contributed by atoms with Crippen molar-refractivity contribution < 1.29 is 9.13 Å². The third-order valence-electron chi connectivity index (χ3n) is 3.23. The summed E-state index contributed by atoms with van der Waals surface area (Å²) in [5.74, 6) is 0.448. The van der Waals surface area contributed by atoms with Crippen molar-refractivity contribution in [3.63, 3.8) is 0 Å². The fourth-order valence-corrected chi connectivity index (χ4v) is 2.31. The average Bonchev–Trinajstić information content (AvgIpc) is 2.43. The Bertz CT molecular complexity index is 603. The van der Waals surface area contributed by atoms with Crippen LogP contribution in [0.3, 0.4) is 0 Å². The van der Waals surface area contributed by atoms with Crippen LogP contribution in [0.5, 0.6) is 5.75 Å². The van der Waals surface area contributed by atoms with Crippen molar-refractivity contribution in [2.45, 2.75) is 25.8 Å². The molecular weight excluding hydrogens is 289 g/mol. The maximum absolute atomic E-state index is 13.1. The van der Waals surface area contributed by atoms with Gasteiger partial charge in [-0.25, -0.2) is 4.39 Å². The first-order chi connectivity index (χ1) is 10.0. The summed E-state index contributed by atoms with van der Waals surface area (Å²) in [6, 6.07) is 12.6. The van der Waals surface area contributed by atoms with Crippen molar-refractivity contribution in [2.24, 2.45) is 5.73 Å². The number of rotatable bonds is 6. The SMILES string of the molecule is Cc1cccc(OCCC(N)Cc2ccc(F)c(Cl)c2)c1. The van der Waals surface area contributed by atoms with E-state index in [1.165, 1.54) is 6.07 Å². The highest BCUT2D eigenvalue weighted by Gasteiger charge is 2.07. The van der Waals surface area contributed by atoms with Gasteiger partial charge in [0.1, 0.15) is 11.6 Å². The summed E-state index contributed by atoms with van der Waals surface area (Å²) < 4.78 is 18.7. The van der Waals surface area contributed by atoms with Crippen LogP contribution in [-0.2, 0) is 6.42 Å². The van der Waals surface area contributed by atoms with E-state index < -0.39 is 5.82 Å². The molecule has 2 N–H and O–H groups in total. The lowest BCUT2D eigenvalue weighted by molar-refractivity contribution is 0.297. The van der Waals surface area contributed by atoms with Crippen LogP contribution in [0, 0.1) is 12.7 Å². The summed E-state index contributed by atoms with van der Waals surface area (Å²) in [6.07, 6.45) is 1.38. The second-order valence-electron chi connectivity index (χ2n) is 5.17. The topological polar surface area (TPSA) is 35.2 Å². The van der Waals surface area contributed by atoms with E-state index in [-0.39, 0.29) is 11.1 Å². The number of ether oxygens (including phenoxy) is 1. The molecule has 0 aromatic heterocycles.